The van der Waals surface area contributed by atoms with Crippen molar-refractivity contribution in [3.63, 3.8) is 0 Å². The molecular formula is C53H53IrN3O-2. The molecule has 0 saturated heterocycles. The van der Waals surface area contributed by atoms with Crippen LogP contribution in [0.2, 0.25) is 0 Å². The normalized spacial score (nSPS) is 14.3. The van der Waals surface area contributed by atoms with Crippen molar-refractivity contribution in [2.24, 2.45) is 10.8 Å². The van der Waals surface area contributed by atoms with E-state index < -0.39 is 25.5 Å². The van der Waals surface area contributed by atoms with Crippen molar-refractivity contribution in [3.05, 3.63) is 173 Å². The second-order valence-electron chi connectivity index (χ2n) is 16.7. The fourth-order valence-corrected chi connectivity index (χ4v) is 6.82. The van der Waals surface area contributed by atoms with Crippen LogP contribution in [0.1, 0.15) is 86.0 Å². The van der Waals surface area contributed by atoms with E-state index in [0.717, 1.165) is 58.0 Å². The van der Waals surface area contributed by atoms with Gasteiger partial charge in [-0.05, 0) is 107 Å². The van der Waals surface area contributed by atoms with Gasteiger partial charge in [-0.2, -0.15) is 0 Å². The Morgan fingerprint density at radius 1 is 0.638 bits per heavy atom. The molecule has 0 bridgehead atoms. The molecule has 0 aliphatic heterocycles. The number of rotatable bonds is 8. The third-order valence-electron chi connectivity index (χ3n) is 9.42. The number of benzene rings is 4. The van der Waals surface area contributed by atoms with E-state index in [4.69, 9.17) is 15.4 Å². The molecule has 58 heavy (non-hydrogen) atoms. The molecule has 4 nitrogen and oxygen atoms in total. The van der Waals surface area contributed by atoms with Crippen molar-refractivity contribution in [3.8, 4) is 33.6 Å². The molecule has 8 rings (SSSR count). The van der Waals surface area contributed by atoms with E-state index in [1.54, 1.807) is 24.4 Å². The van der Waals surface area contributed by atoms with Crippen LogP contribution in [0.25, 0.3) is 55.7 Å². The molecule has 0 aliphatic rings. The van der Waals surface area contributed by atoms with Crippen LogP contribution in [0.4, 0.5) is 0 Å². The van der Waals surface area contributed by atoms with Crippen molar-refractivity contribution in [2.75, 3.05) is 0 Å². The van der Waals surface area contributed by atoms with Gasteiger partial charge in [0.05, 0.1) is 5.58 Å². The zero-order chi connectivity index (χ0) is 47.0. The summed E-state index contributed by atoms with van der Waals surface area (Å²) in [6, 6.07) is 42.5. The zero-order valence-corrected chi connectivity index (χ0v) is 36.2. The van der Waals surface area contributed by atoms with Crippen molar-refractivity contribution < 1.29 is 35.5 Å². The second kappa shape index (κ2) is 18.1. The molecule has 4 aromatic carbocycles. The fourth-order valence-electron chi connectivity index (χ4n) is 6.82. The first-order valence-corrected chi connectivity index (χ1v) is 19.3. The number of nitrogens with zero attached hydrogens (tertiary/aromatic N) is 3. The van der Waals surface area contributed by atoms with Crippen LogP contribution in [0, 0.1) is 36.7 Å². The Morgan fingerprint density at radius 2 is 1.36 bits per heavy atom. The van der Waals surface area contributed by atoms with Crippen LogP contribution in [0.15, 0.2) is 132 Å². The smallest absolute Gasteiger partial charge is 0.216 e. The first-order valence-electron chi connectivity index (χ1n) is 23.3. The van der Waals surface area contributed by atoms with Crippen LogP contribution in [0.5, 0.6) is 0 Å². The maximum Gasteiger partial charge on any atom is 0.216 e. The Hall–Kier alpha value is -5.22. The first-order chi connectivity index (χ1) is 30.5. The third kappa shape index (κ3) is 11.0. The van der Waals surface area contributed by atoms with Gasteiger partial charge in [0, 0.05) is 54.5 Å². The van der Waals surface area contributed by atoms with Gasteiger partial charge in [-0.15, -0.1) is 53.6 Å². The van der Waals surface area contributed by atoms with E-state index in [9.17, 15) is 0 Å². The molecule has 5 heteroatoms. The van der Waals surface area contributed by atoms with Crippen LogP contribution in [-0.4, -0.2) is 15.0 Å². The predicted octanol–water partition coefficient (Wildman–Crippen LogP) is 13.6. The maximum atomic E-state index is 8.41. The van der Waals surface area contributed by atoms with E-state index in [1.165, 1.54) is 28.8 Å². The van der Waals surface area contributed by atoms with E-state index in [1.807, 2.05) is 81.6 Å². The van der Waals surface area contributed by atoms with Gasteiger partial charge >= 0.3 is 0 Å². The van der Waals surface area contributed by atoms with E-state index in [0.29, 0.717) is 22.6 Å². The van der Waals surface area contributed by atoms with E-state index in [2.05, 4.69) is 78.2 Å². The summed E-state index contributed by atoms with van der Waals surface area (Å²) in [4.78, 5) is 13.2. The summed E-state index contributed by atoms with van der Waals surface area (Å²) in [7, 11) is 0. The summed E-state index contributed by atoms with van der Waals surface area (Å²) < 4.78 is 68.2. The largest absolute Gasteiger partial charge is 0.486 e. The Balaban J connectivity index is 0.000000220. The summed E-state index contributed by atoms with van der Waals surface area (Å²) in [5.41, 5.74) is 10.3. The summed E-state index contributed by atoms with van der Waals surface area (Å²) in [5, 5.41) is 1.64. The molecular weight excluding hydrogens is 887 g/mol. The molecule has 0 saturated carbocycles. The molecule has 0 spiro atoms. The predicted molar refractivity (Wildman–Crippen MR) is 237 cm³/mol. The molecule has 0 unspecified atom stereocenters. The molecule has 0 atom stereocenters. The minimum atomic E-state index is -2.29. The summed E-state index contributed by atoms with van der Waals surface area (Å²) in [5.74, 6) is 0. The Kier molecular flexibility index (Phi) is 10.2. The van der Waals surface area contributed by atoms with Crippen LogP contribution in [0.3, 0.4) is 0 Å². The van der Waals surface area contributed by atoms with Crippen LogP contribution >= 0.6 is 0 Å². The number of aryl methyl sites for hydroxylation is 4. The number of pyridine rings is 3. The molecule has 0 fully saturated rings. The monoisotopic (exact) mass is 948 g/mol. The van der Waals surface area contributed by atoms with Gasteiger partial charge in [-0.25, -0.2) is 4.98 Å². The fraction of sp³-hybridized carbons (Fsp3) is 0.264. The minimum absolute atomic E-state index is 0. The average Bonchev–Trinajstić information content (AvgIpc) is 3.64. The van der Waals surface area contributed by atoms with Crippen molar-refractivity contribution in [2.45, 2.75) is 80.9 Å². The summed E-state index contributed by atoms with van der Waals surface area (Å²) in [6.07, 6.45) is 5.00. The van der Waals surface area contributed by atoms with Gasteiger partial charge in [-0.1, -0.05) is 126 Å². The molecule has 0 aliphatic carbocycles. The maximum absolute atomic E-state index is 8.41. The van der Waals surface area contributed by atoms with Gasteiger partial charge in [0.2, 0.25) is 5.71 Å². The molecule has 4 heterocycles. The number of fused-ring (bicyclic) bond motifs is 3. The number of hydrogen-bond acceptors (Lipinski definition) is 4. The van der Waals surface area contributed by atoms with Crippen molar-refractivity contribution in [1.29, 1.82) is 0 Å². The topological polar surface area (TPSA) is 51.8 Å². The standard InChI is InChI=1S/C30H29N2O.C23H24N.Ir/c1-20-8-15-25-24-6-5-7-26(28(24)33-29(25)32-20)27-18-22(16-17-31-27)12-9-21-10-13-23(14-11-21)19-30(2,3)4;1-17-5-9-20(10-6-17)22-15-21(13-14-24-22)19-11-7-18(8-12-19)16-23(2,3)4;/h5-6,8,10-11,13-18H,9,12,19H2,1-4H3;5-9,11-15H,16H2,1-4H3;/q2*-1;/i1D3;1D3,16D2;. The average molecular weight is 948 g/mol. The Labute approximate surface area is 369 Å². The molecule has 297 valence electrons. The number of furan rings is 1. The number of aromatic nitrogens is 3. The van der Waals surface area contributed by atoms with Gasteiger partial charge in [0.25, 0.3) is 0 Å². The first kappa shape index (κ1) is 32.7. The van der Waals surface area contributed by atoms with Gasteiger partial charge in [0.15, 0.2) is 0 Å². The molecule has 0 N–H and O–H groups in total. The molecule has 0 amide bonds. The minimum Gasteiger partial charge on any atom is -0.486 e. The van der Waals surface area contributed by atoms with E-state index >= 15 is 0 Å². The summed E-state index contributed by atoms with van der Waals surface area (Å²) >= 11 is 0. The quantitative estimate of drug-likeness (QED) is 0.142. The molecule has 8 aromatic rings. The van der Waals surface area contributed by atoms with Gasteiger partial charge < -0.3 is 14.4 Å². The van der Waals surface area contributed by atoms with Crippen LogP contribution < -0.4 is 0 Å². The van der Waals surface area contributed by atoms with Gasteiger partial charge in [-0.3, -0.25) is 0 Å². The summed E-state index contributed by atoms with van der Waals surface area (Å²) in [6.45, 7) is 8.02. The zero-order valence-electron chi connectivity index (χ0n) is 41.8. The van der Waals surface area contributed by atoms with Gasteiger partial charge in [0.1, 0.15) is 0 Å². The van der Waals surface area contributed by atoms with Crippen molar-refractivity contribution >= 4 is 22.1 Å². The Bertz CT molecular complexity index is 2910. The SMILES string of the molecule is [2H]C([2H])([2H])c1c[c-]c(-c2cc(-c3ccc(C([2H])([2H])C(C)(C)C)cc3)ccn2)cc1.[2H]C([2H])([2H])c1ccc2c(n1)oc1c(-c3cc(CCc4ccc(CC(C)(C)C)cc4)ccn3)[c-]ccc12.[Ir]. The second-order valence-corrected chi connectivity index (χ2v) is 16.7. The molecule has 1 radical (unpaired) electrons. The van der Waals surface area contributed by atoms with E-state index in [-0.39, 0.29) is 36.8 Å². The Morgan fingerprint density at radius 3 is 2.07 bits per heavy atom. The van der Waals surface area contributed by atoms with Crippen LogP contribution in [-0.2, 0) is 45.7 Å². The third-order valence-corrected chi connectivity index (χ3v) is 9.42. The molecule has 4 aromatic heterocycles. The number of hydrogen-bond donors (Lipinski definition) is 0. The van der Waals surface area contributed by atoms with Crippen molar-refractivity contribution in [1.82, 2.24) is 15.0 Å².